The van der Waals surface area contributed by atoms with E-state index < -0.39 is 0 Å². The highest BCUT2D eigenvalue weighted by atomic mass is 32.1. The summed E-state index contributed by atoms with van der Waals surface area (Å²) in [7, 11) is 0. The molecular weight excluding hydrogens is 204 g/mol. The SMILES string of the molecule is CCNC(C)c1sc(C2CC2C)nc1C. The normalized spacial score (nSPS) is 26.7. The summed E-state index contributed by atoms with van der Waals surface area (Å²) in [6, 6.07) is 0.454. The maximum atomic E-state index is 4.70. The lowest BCUT2D eigenvalue weighted by atomic mass is 10.2. The first-order chi connectivity index (χ1) is 7.13. The predicted molar refractivity (Wildman–Crippen MR) is 65.5 cm³/mol. The van der Waals surface area contributed by atoms with Gasteiger partial charge in [0.2, 0.25) is 0 Å². The van der Waals surface area contributed by atoms with Crippen LogP contribution in [0.25, 0.3) is 0 Å². The van der Waals surface area contributed by atoms with Crippen LogP contribution in [-0.2, 0) is 0 Å². The maximum Gasteiger partial charge on any atom is 0.0965 e. The molecule has 15 heavy (non-hydrogen) atoms. The Balaban J connectivity index is 2.14. The molecule has 2 rings (SSSR count). The standard InChI is InChI=1S/C12H20N2S/c1-5-13-8(3)11-9(4)14-12(15-11)10-6-7(10)2/h7-8,10,13H,5-6H2,1-4H3. The first kappa shape index (κ1) is 11.1. The Morgan fingerprint density at radius 1 is 1.60 bits per heavy atom. The van der Waals surface area contributed by atoms with Crippen molar-refractivity contribution in [3.8, 4) is 0 Å². The van der Waals surface area contributed by atoms with Gasteiger partial charge in [-0.3, -0.25) is 0 Å². The van der Waals surface area contributed by atoms with Crippen molar-refractivity contribution < 1.29 is 0 Å². The van der Waals surface area contributed by atoms with Gasteiger partial charge in [0.1, 0.15) is 0 Å². The zero-order valence-corrected chi connectivity index (χ0v) is 10.8. The van der Waals surface area contributed by atoms with E-state index in [9.17, 15) is 0 Å². The Labute approximate surface area is 96.1 Å². The predicted octanol–water partition coefficient (Wildman–Crippen LogP) is 3.25. The average molecular weight is 224 g/mol. The first-order valence-electron chi connectivity index (χ1n) is 5.84. The molecule has 3 heteroatoms. The van der Waals surface area contributed by atoms with Crippen molar-refractivity contribution in [3.63, 3.8) is 0 Å². The monoisotopic (exact) mass is 224 g/mol. The minimum atomic E-state index is 0.454. The van der Waals surface area contributed by atoms with Crippen molar-refractivity contribution in [1.82, 2.24) is 10.3 Å². The molecular formula is C12H20N2S. The van der Waals surface area contributed by atoms with Crippen molar-refractivity contribution in [2.45, 2.75) is 46.1 Å². The van der Waals surface area contributed by atoms with E-state index in [1.165, 1.54) is 22.0 Å². The van der Waals surface area contributed by atoms with E-state index in [2.05, 4.69) is 33.0 Å². The van der Waals surface area contributed by atoms with E-state index in [1.807, 2.05) is 11.3 Å². The van der Waals surface area contributed by atoms with Gasteiger partial charge in [0, 0.05) is 16.8 Å². The molecule has 0 amide bonds. The van der Waals surface area contributed by atoms with Crippen LogP contribution in [0.15, 0.2) is 0 Å². The van der Waals surface area contributed by atoms with Crippen LogP contribution in [0.5, 0.6) is 0 Å². The largest absolute Gasteiger partial charge is 0.310 e. The number of nitrogens with zero attached hydrogens (tertiary/aromatic N) is 1. The zero-order chi connectivity index (χ0) is 11.0. The number of thiazole rings is 1. The smallest absolute Gasteiger partial charge is 0.0965 e. The van der Waals surface area contributed by atoms with Gasteiger partial charge in [-0.25, -0.2) is 4.98 Å². The Morgan fingerprint density at radius 2 is 2.27 bits per heavy atom. The van der Waals surface area contributed by atoms with E-state index in [4.69, 9.17) is 4.98 Å². The van der Waals surface area contributed by atoms with E-state index in [-0.39, 0.29) is 0 Å². The minimum absolute atomic E-state index is 0.454. The highest BCUT2D eigenvalue weighted by Crippen LogP contribution is 2.49. The van der Waals surface area contributed by atoms with Crippen molar-refractivity contribution in [2.24, 2.45) is 5.92 Å². The van der Waals surface area contributed by atoms with Gasteiger partial charge >= 0.3 is 0 Å². The molecule has 3 atom stereocenters. The van der Waals surface area contributed by atoms with E-state index in [0.717, 1.165) is 18.4 Å². The molecule has 1 aliphatic rings. The van der Waals surface area contributed by atoms with Gasteiger partial charge < -0.3 is 5.32 Å². The molecule has 0 bridgehead atoms. The third-order valence-corrected chi connectivity index (χ3v) is 4.65. The fourth-order valence-corrected chi connectivity index (χ4v) is 3.40. The number of nitrogens with one attached hydrogen (secondary N) is 1. The van der Waals surface area contributed by atoms with Crippen LogP contribution in [0, 0.1) is 12.8 Å². The Hall–Kier alpha value is -0.410. The van der Waals surface area contributed by atoms with Gasteiger partial charge in [-0.2, -0.15) is 0 Å². The van der Waals surface area contributed by atoms with Crippen LogP contribution in [0.4, 0.5) is 0 Å². The summed E-state index contributed by atoms with van der Waals surface area (Å²) in [5, 5.41) is 4.82. The molecule has 1 N–H and O–H groups in total. The third kappa shape index (κ3) is 2.23. The van der Waals surface area contributed by atoms with Crippen LogP contribution in [-0.4, -0.2) is 11.5 Å². The average Bonchev–Trinajstić information content (AvgIpc) is 2.76. The molecule has 1 aromatic heterocycles. The lowest BCUT2D eigenvalue weighted by molar-refractivity contribution is 0.603. The minimum Gasteiger partial charge on any atom is -0.310 e. The zero-order valence-electron chi connectivity index (χ0n) is 10.0. The molecule has 1 fully saturated rings. The van der Waals surface area contributed by atoms with Crippen molar-refractivity contribution >= 4 is 11.3 Å². The lowest BCUT2D eigenvalue weighted by Gasteiger charge is -2.09. The Kier molecular flexibility index (Phi) is 3.12. The fraction of sp³-hybridized carbons (Fsp3) is 0.750. The summed E-state index contributed by atoms with van der Waals surface area (Å²) < 4.78 is 0. The molecule has 2 nitrogen and oxygen atoms in total. The highest BCUT2D eigenvalue weighted by molar-refractivity contribution is 7.12. The van der Waals surface area contributed by atoms with E-state index in [1.54, 1.807) is 0 Å². The second-order valence-corrected chi connectivity index (χ2v) is 5.66. The highest BCUT2D eigenvalue weighted by Gasteiger charge is 2.37. The Morgan fingerprint density at radius 3 is 2.80 bits per heavy atom. The summed E-state index contributed by atoms with van der Waals surface area (Å²) in [5.74, 6) is 1.62. The van der Waals surface area contributed by atoms with Gasteiger partial charge in [-0.1, -0.05) is 13.8 Å². The van der Waals surface area contributed by atoms with Crippen LogP contribution < -0.4 is 5.32 Å². The van der Waals surface area contributed by atoms with Gasteiger partial charge in [0.25, 0.3) is 0 Å². The summed E-state index contributed by atoms with van der Waals surface area (Å²) in [6.45, 7) is 9.85. The second kappa shape index (κ2) is 4.22. The quantitative estimate of drug-likeness (QED) is 0.849. The maximum absolute atomic E-state index is 4.70. The molecule has 0 aromatic carbocycles. The lowest BCUT2D eigenvalue weighted by Crippen LogP contribution is -2.17. The fourth-order valence-electron chi connectivity index (χ4n) is 2.06. The molecule has 0 radical (unpaired) electrons. The molecule has 1 heterocycles. The van der Waals surface area contributed by atoms with Crippen LogP contribution in [0.3, 0.4) is 0 Å². The Bertz CT molecular complexity index is 345. The van der Waals surface area contributed by atoms with Gasteiger partial charge in [0.05, 0.1) is 10.7 Å². The first-order valence-corrected chi connectivity index (χ1v) is 6.65. The molecule has 1 aliphatic carbocycles. The molecule has 0 saturated heterocycles. The van der Waals surface area contributed by atoms with Crippen LogP contribution in [0.2, 0.25) is 0 Å². The van der Waals surface area contributed by atoms with Crippen molar-refractivity contribution in [3.05, 3.63) is 15.6 Å². The van der Waals surface area contributed by atoms with Crippen molar-refractivity contribution in [1.29, 1.82) is 0 Å². The third-order valence-electron chi connectivity index (χ3n) is 3.18. The second-order valence-electron chi connectivity index (χ2n) is 4.60. The van der Waals surface area contributed by atoms with Gasteiger partial charge in [-0.05, 0) is 32.7 Å². The molecule has 1 saturated carbocycles. The number of rotatable bonds is 4. The topological polar surface area (TPSA) is 24.9 Å². The van der Waals surface area contributed by atoms with Crippen LogP contribution >= 0.6 is 11.3 Å². The van der Waals surface area contributed by atoms with Gasteiger partial charge in [-0.15, -0.1) is 11.3 Å². The summed E-state index contributed by atoms with van der Waals surface area (Å²) in [5.41, 5.74) is 1.22. The molecule has 3 unspecified atom stereocenters. The molecule has 0 aliphatic heterocycles. The van der Waals surface area contributed by atoms with E-state index in [0.29, 0.717) is 6.04 Å². The number of aryl methyl sites for hydroxylation is 1. The number of aromatic nitrogens is 1. The summed E-state index contributed by atoms with van der Waals surface area (Å²) in [4.78, 5) is 6.13. The molecule has 1 aromatic rings. The molecule has 0 spiro atoms. The summed E-state index contributed by atoms with van der Waals surface area (Å²) in [6.07, 6.45) is 1.34. The van der Waals surface area contributed by atoms with E-state index >= 15 is 0 Å². The van der Waals surface area contributed by atoms with Crippen LogP contribution in [0.1, 0.15) is 54.7 Å². The molecule has 84 valence electrons. The summed E-state index contributed by atoms with van der Waals surface area (Å²) >= 11 is 1.91. The number of hydrogen-bond acceptors (Lipinski definition) is 3. The van der Waals surface area contributed by atoms with Gasteiger partial charge in [0.15, 0.2) is 0 Å². The van der Waals surface area contributed by atoms with Crippen molar-refractivity contribution in [2.75, 3.05) is 6.54 Å². The number of hydrogen-bond donors (Lipinski definition) is 1.